The Morgan fingerprint density at radius 2 is 2.00 bits per heavy atom. The Kier molecular flexibility index (Phi) is 6.24. The number of nitrogens with zero attached hydrogens (tertiary/aromatic N) is 1. The number of aromatic amines is 1. The van der Waals surface area contributed by atoms with Crippen molar-refractivity contribution in [2.75, 3.05) is 26.9 Å². The molecule has 0 unspecified atom stereocenters. The number of aromatic nitrogens is 2. The fourth-order valence-electron chi connectivity index (χ4n) is 2.03. The van der Waals surface area contributed by atoms with Gasteiger partial charge in [0.2, 0.25) is 0 Å². The topological polar surface area (TPSA) is 59.2 Å². The molecule has 0 saturated heterocycles. The molecular formula is C16H23N3O2. The molecule has 0 amide bonds. The van der Waals surface area contributed by atoms with Gasteiger partial charge in [-0.25, -0.2) is 0 Å². The van der Waals surface area contributed by atoms with Crippen LogP contribution in [0.3, 0.4) is 0 Å². The molecule has 5 nitrogen and oxygen atoms in total. The van der Waals surface area contributed by atoms with Crippen LogP contribution in [-0.4, -0.2) is 37.1 Å². The molecule has 1 aromatic heterocycles. The third-order valence-electron chi connectivity index (χ3n) is 3.13. The first-order chi connectivity index (χ1) is 10.3. The SMILES string of the molecule is CCCOc1ccc(-c2[nH]ncc2CNCCOC)cc1. The molecule has 0 atom stereocenters. The second kappa shape index (κ2) is 8.44. The zero-order chi connectivity index (χ0) is 14.9. The van der Waals surface area contributed by atoms with Gasteiger partial charge in [-0.15, -0.1) is 0 Å². The summed E-state index contributed by atoms with van der Waals surface area (Å²) in [4.78, 5) is 0. The van der Waals surface area contributed by atoms with Gasteiger partial charge >= 0.3 is 0 Å². The molecule has 114 valence electrons. The third kappa shape index (κ3) is 4.58. The van der Waals surface area contributed by atoms with Crippen molar-refractivity contribution in [3.05, 3.63) is 36.0 Å². The molecule has 2 N–H and O–H groups in total. The summed E-state index contributed by atoms with van der Waals surface area (Å²) in [6.07, 6.45) is 2.87. The van der Waals surface area contributed by atoms with Gasteiger partial charge < -0.3 is 14.8 Å². The standard InChI is InChI=1S/C16H23N3O2/c1-3-9-21-15-6-4-13(5-7-15)16-14(12-18-19-16)11-17-8-10-20-2/h4-7,12,17H,3,8-11H2,1-2H3,(H,18,19). The second-order valence-corrected chi connectivity index (χ2v) is 4.81. The minimum atomic E-state index is 0.705. The number of ether oxygens (including phenoxy) is 2. The highest BCUT2D eigenvalue weighted by Crippen LogP contribution is 2.23. The summed E-state index contributed by atoms with van der Waals surface area (Å²) in [5.41, 5.74) is 3.30. The van der Waals surface area contributed by atoms with Gasteiger partial charge in [0.25, 0.3) is 0 Å². The van der Waals surface area contributed by atoms with Crippen LogP contribution in [0.1, 0.15) is 18.9 Å². The Balaban J connectivity index is 1.99. The van der Waals surface area contributed by atoms with E-state index in [9.17, 15) is 0 Å². The highest BCUT2D eigenvalue weighted by atomic mass is 16.5. The monoisotopic (exact) mass is 289 g/mol. The number of nitrogens with one attached hydrogen (secondary N) is 2. The predicted octanol–water partition coefficient (Wildman–Crippen LogP) is 2.60. The number of hydrogen-bond acceptors (Lipinski definition) is 4. The van der Waals surface area contributed by atoms with Gasteiger partial charge in [0.15, 0.2) is 0 Å². The van der Waals surface area contributed by atoms with Gasteiger partial charge in [0, 0.05) is 31.3 Å². The van der Waals surface area contributed by atoms with Crippen molar-refractivity contribution in [3.8, 4) is 17.0 Å². The average Bonchev–Trinajstić information content (AvgIpc) is 2.98. The number of benzene rings is 1. The van der Waals surface area contributed by atoms with Crippen LogP contribution >= 0.6 is 0 Å². The molecule has 2 aromatic rings. The Morgan fingerprint density at radius 1 is 1.19 bits per heavy atom. The van der Waals surface area contributed by atoms with E-state index < -0.39 is 0 Å². The van der Waals surface area contributed by atoms with Gasteiger partial charge in [-0.3, -0.25) is 5.10 Å². The molecule has 0 spiro atoms. The molecule has 0 bridgehead atoms. The van der Waals surface area contributed by atoms with E-state index in [1.165, 1.54) is 0 Å². The van der Waals surface area contributed by atoms with Crippen LogP contribution in [0.25, 0.3) is 11.3 Å². The normalized spacial score (nSPS) is 10.8. The summed E-state index contributed by atoms with van der Waals surface area (Å²) < 4.78 is 10.6. The van der Waals surface area contributed by atoms with Crippen molar-refractivity contribution in [2.24, 2.45) is 0 Å². The van der Waals surface area contributed by atoms with E-state index in [1.54, 1.807) is 7.11 Å². The molecule has 5 heteroatoms. The first-order valence-electron chi connectivity index (χ1n) is 7.30. The maximum absolute atomic E-state index is 5.60. The quantitative estimate of drug-likeness (QED) is 0.697. The minimum Gasteiger partial charge on any atom is -0.494 e. The van der Waals surface area contributed by atoms with Crippen LogP contribution in [0.4, 0.5) is 0 Å². The van der Waals surface area contributed by atoms with E-state index in [-0.39, 0.29) is 0 Å². The lowest BCUT2D eigenvalue weighted by Gasteiger charge is -2.07. The molecule has 0 radical (unpaired) electrons. The van der Waals surface area contributed by atoms with E-state index in [2.05, 4.69) is 34.6 Å². The largest absolute Gasteiger partial charge is 0.494 e. The molecule has 1 aromatic carbocycles. The zero-order valence-electron chi connectivity index (χ0n) is 12.7. The van der Waals surface area contributed by atoms with Crippen LogP contribution in [0, 0.1) is 0 Å². The van der Waals surface area contributed by atoms with Crippen LogP contribution in [0.15, 0.2) is 30.5 Å². The molecule has 0 saturated carbocycles. The number of H-pyrrole nitrogens is 1. The summed E-state index contributed by atoms with van der Waals surface area (Å²) in [5.74, 6) is 0.903. The predicted molar refractivity (Wildman–Crippen MR) is 83.4 cm³/mol. The molecular weight excluding hydrogens is 266 g/mol. The van der Waals surface area contributed by atoms with Gasteiger partial charge in [-0.2, -0.15) is 5.10 Å². The molecule has 0 aliphatic rings. The van der Waals surface area contributed by atoms with Crippen molar-refractivity contribution in [2.45, 2.75) is 19.9 Å². The number of hydrogen-bond donors (Lipinski definition) is 2. The van der Waals surface area contributed by atoms with E-state index in [4.69, 9.17) is 9.47 Å². The maximum atomic E-state index is 5.60. The first kappa shape index (κ1) is 15.5. The lowest BCUT2D eigenvalue weighted by molar-refractivity contribution is 0.199. The molecule has 0 fully saturated rings. The average molecular weight is 289 g/mol. The highest BCUT2D eigenvalue weighted by molar-refractivity contribution is 5.63. The Bertz CT molecular complexity index is 523. The second-order valence-electron chi connectivity index (χ2n) is 4.81. The maximum Gasteiger partial charge on any atom is 0.119 e. The number of methoxy groups -OCH3 is 1. The Morgan fingerprint density at radius 3 is 2.71 bits per heavy atom. The van der Waals surface area contributed by atoms with Gasteiger partial charge in [-0.1, -0.05) is 6.92 Å². The van der Waals surface area contributed by atoms with Crippen LogP contribution in [0.5, 0.6) is 5.75 Å². The van der Waals surface area contributed by atoms with Crippen LogP contribution in [-0.2, 0) is 11.3 Å². The summed E-state index contributed by atoms with van der Waals surface area (Å²) in [5, 5.41) is 10.5. The van der Waals surface area contributed by atoms with E-state index in [0.717, 1.165) is 48.7 Å². The van der Waals surface area contributed by atoms with Crippen LogP contribution < -0.4 is 10.1 Å². The lowest BCUT2D eigenvalue weighted by Crippen LogP contribution is -2.18. The van der Waals surface area contributed by atoms with Gasteiger partial charge in [0.05, 0.1) is 25.1 Å². The molecule has 0 aliphatic heterocycles. The Hall–Kier alpha value is -1.85. The van der Waals surface area contributed by atoms with E-state index in [1.807, 2.05) is 18.3 Å². The van der Waals surface area contributed by atoms with Crippen molar-refractivity contribution >= 4 is 0 Å². The first-order valence-corrected chi connectivity index (χ1v) is 7.30. The van der Waals surface area contributed by atoms with E-state index >= 15 is 0 Å². The minimum absolute atomic E-state index is 0.705. The summed E-state index contributed by atoms with van der Waals surface area (Å²) in [6, 6.07) is 8.09. The summed E-state index contributed by atoms with van der Waals surface area (Å²) in [6.45, 7) is 5.14. The lowest BCUT2D eigenvalue weighted by atomic mass is 10.1. The zero-order valence-corrected chi connectivity index (χ0v) is 12.7. The fraction of sp³-hybridized carbons (Fsp3) is 0.438. The van der Waals surface area contributed by atoms with E-state index in [0.29, 0.717) is 6.61 Å². The highest BCUT2D eigenvalue weighted by Gasteiger charge is 2.07. The fourth-order valence-corrected chi connectivity index (χ4v) is 2.03. The van der Waals surface area contributed by atoms with Crippen molar-refractivity contribution in [1.82, 2.24) is 15.5 Å². The summed E-state index contributed by atoms with van der Waals surface area (Å²) >= 11 is 0. The van der Waals surface area contributed by atoms with Crippen LogP contribution in [0.2, 0.25) is 0 Å². The molecule has 1 heterocycles. The molecule has 21 heavy (non-hydrogen) atoms. The van der Waals surface area contributed by atoms with Crippen molar-refractivity contribution < 1.29 is 9.47 Å². The molecule has 0 aliphatic carbocycles. The van der Waals surface area contributed by atoms with Crippen molar-refractivity contribution in [1.29, 1.82) is 0 Å². The third-order valence-corrected chi connectivity index (χ3v) is 3.13. The van der Waals surface area contributed by atoms with Gasteiger partial charge in [0.1, 0.15) is 5.75 Å². The van der Waals surface area contributed by atoms with Gasteiger partial charge in [-0.05, 0) is 30.7 Å². The molecule has 2 rings (SSSR count). The van der Waals surface area contributed by atoms with Crippen molar-refractivity contribution in [3.63, 3.8) is 0 Å². The smallest absolute Gasteiger partial charge is 0.119 e. The number of rotatable bonds is 9. The Labute approximate surface area is 125 Å². The summed E-state index contributed by atoms with van der Waals surface area (Å²) in [7, 11) is 1.70.